The molecule has 0 spiro atoms. The van der Waals surface area contributed by atoms with Gasteiger partial charge in [-0.05, 0) is 24.6 Å². The Morgan fingerprint density at radius 1 is 1.25 bits per heavy atom. The lowest BCUT2D eigenvalue weighted by atomic mass is 10.0. The molecule has 1 atom stereocenters. The van der Waals surface area contributed by atoms with E-state index in [1.807, 2.05) is 12.1 Å². The molecule has 0 aliphatic carbocycles. The molecule has 6 nitrogen and oxygen atoms in total. The second kappa shape index (κ2) is 11.0. The molecule has 24 heavy (non-hydrogen) atoms. The minimum absolute atomic E-state index is 0.139. The molecule has 2 rings (SSSR count). The summed E-state index contributed by atoms with van der Waals surface area (Å²) in [4.78, 5) is 13.0. The van der Waals surface area contributed by atoms with E-state index in [1.165, 1.54) is 0 Å². The Hall–Kier alpha value is -1.60. The lowest BCUT2D eigenvalue weighted by Gasteiger charge is -2.20. The van der Waals surface area contributed by atoms with Gasteiger partial charge in [-0.1, -0.05) is 29.8 Å². The van der Waals surface area contributed by atoms with Crippen molar-refractivity contribution >= 4 is 23.3 Å². The average Bonchev–Trinajstić information content (AvgIpc) is 3.09. The Bertz CT molecular complexity index is 539. The number of aliphatic hydroxyl groups is 2. The number of halogens is 1. The highest BCUT2D eigenvalue weighted by atomic mass is 35.5. The summed E-state index contributed by atoms with van der Waals surface area (Å²) in [6, 6.07) is 5.47. The molecule has 0 fully saturated rings. The molecule has 1 aliphatic heterocycles. The first-order valence-electron chi connectivity index (χ1n) is 7.85. The third kappa shape index (κ3) is 6.49. The highest BCUT2D eigenvalue weighted by Crippen LogP contribution is 2.30. The van der Waals surface area contributed by atoms with Gasteiger partial charge in [0.1, 0.15) is 0 Å². The van der Waals surface area contributed by atoms with Crippen molar-refractivity contribution in [2.24, 2.45) is 0 Å². The van der Waals surface area contributed by atoms with Crippen LogP contribution in [0.25, 0.3) is 0 Å². The predicted molar refractivity (Wildman–Crippen MR) is 95.9 cm³/mol. The molecule has 7 heteroatoms. The summed E-state index contributed by atoms with van der Waals surface area (Å²) >= 11 is 6.20. The van der Waals surface area contributed by atoms with E-state index in [4.69, 9.17) is 26.9 Å². The molecular weight excluding hydrogens is 332 g/mol. The largest absolute Gasteiger partial charge is 0.481 e. The van der Waals surface area contributed by atoms with E-state index < -0.39 is 11.9 Å². The second-order valence-electron chi connectivity index (χ2n) is 5.34. The molecule has 0 saturated carbocycles. The minimum Gasteiger partial charge on any atom is -0.481 e. The van der Waals surface area contributed by atoms with Gasteiger partial charge in [0.25, 0.3) is 0 Å². The zero-order valence-electron chi connectivity index (χ0n) is 13.8. The van der Waals surface area contributed by atoms with Crippen LogP contribution in [0.1, 0.15) is 18.4 Å². The zero-order valence-corrected chi connectivity index (χ0v) is 14.5. The van der Waals surface area contributed by atoms with E-state index in [0.29, 0.717) is 18.1 Å². The monoisotopic (exact) mass is 356 g/mol. The number of aliphatic carboxylic acids is 1. The van der Waals surface area contributed by atoms with E-state index in [2.05, 4.69) is 22.4 Å². The van der Waals surface area contributed by atoms with Crippen molar-refractivity contribution in [2.75, 3.05) is 44.3 Å². The summed E-state index contributed by atoms with van der Waals surface area (Å²) in [6.45, 7) is 4.79. The Balaban J connectivity index is 0.000000351. The van der Waals surface area contributed by atoms with Gasteiger partial charge < -0.3 is 25.5 Å². The number of carboxylic acid groups (broad SMARTS) is 1. The molecule has 0 radical (unpaired) electrons. The number of rotatable bonds is 7. The van der Waals surface area contributed by atoms with Gasteiger partial charge in [-0.2, -0.15) is 0 Å². The van der Waals surface area contributed by atoms with Crippen LogP contribution in [0.15, 0.2) is 30.4 Å². The number of hydrogen-bond acceptors (Lipinski definition) is 5. The molecule has 1 unspecified atom stereocenters. The highest BCUT2D eigenvalue weighted by Gasteiger charge is 2.17. The van der Waals surface area contributed by atoms with Gasteiger partial charge in [-0.15, -0.1) is 0 Å². The van der Waals surface area contributed by atoms with Crippen molar-refractivity contribution in [1.29, 1.82) is 0 Å². The molecule has 1 heterocycles. The van der Waals surface area contributed by atoms with E-state index in [-0.39, 0.29) is 13.2 Å². The van der Waals surface area contributed by atoms with Crippen LogP contribution in [0, 0.1) is 0 Å². The number of nitrogens with zero attached hydrogens (tertiary/aromatic N) is 1. The molecule has 1 aromatic carbocycles. The Morgan fingerprint density at radius 3 is 2.29 bits per heavy atom. The number of carboxylic acids is 1. The quantitative estimate of drug-likeness (QED) is 0.436. The minimum atomic E-state index is -0.836. The van der Waals surface area contributed by atoms with Crippen LogP contribution >= 0.6 is 11.6 Å². The van der Waals surface area contributed by atoms with Crippen LogP contribution in [0.3, 0.4) is 0 Å². The lowest BCUT2D eigenvalue weighted by molar-refractivity contribution is -0.138. The molecule has 134 valence electrons. The SMILES string of the molecule is CC(C(=O)O)c1ccc(N2CC=CC2)c(Cl)c1.OCCNCCO. The lowest BCUT2D eigenvalue weighted by Crippen LogP contribution is -2.21. The first kappa shape index (κ1) is 20.4. The van der Waals surface area contributed by atoms with Crippen LogP contribution in [-0.2, 0) is 4.79 Å². The Kier molecular flexibility index (Phi) is 9.41. The third-order valence-electron chi connectivity index (χ3n) is 3.58. The van der Waals surface area contributed by atoms with E-state index in [0.717, 1.165) is 24.3 Å². The van der Waals surface area contributed by atoms with E-state index in [1.54, 1.807) is 13.0 Å². The summed E-state index contributed by atoms with van der Waals surface area (Å²) < 4.78 is 0. The van der Waals surface area contributed by atoms with Gasteiger partial charge >= 0.3 is 5.97 Å². The predicted octanol–water partition coefficient (Wildman–Crippen LogP) is 1.46. The number of hydrogen-bond donors (Lipinski definition) is 4. The summed E-state index contributed by atoms with van der Waals surface area (Å²) in [5.74, 6) is -1.37. The maximum Gasteiger partial charge on any atom is 0.310 e. The highest BCUT2D eigenvalue weighted by molar-refractivity contribution is 6.33. The van der Waals surface area contributed by atoms with Crippen molar-refractivity contribution in [3.63, 3.8) is 0 Å². The molecule has 0 bridgehead atoms. The summed E-state index contributed by atoms with van der Waals surface area (Å²) in [6.07, 6.45) is 4.17. The molecule has 0 saturated heterocycles. The van der Waals surface area contributed by atoms with Gasteiger partial charge in [0.2, 0.25) is 0 Å². The van der Waals surface area contributed by atoms with Gasteiger partial charge in [-0.25, -0.2) is 0 Å². The summed E-state index contributed by atoms with van der Waals surface area (Å²) in [5, 5.41) is 28.6. The first-order valence-corrected chi connectivity index (χ1v) is 8.23. The number of aliphatic hydroxyl groups excluding tert-OH is 2. The number of nitrogens with one attached hydrogen (secondary N) is 1. The van der Waals surface area contributed by atoms with Gasteiger partial charge in [0.15, 0.2) is 0 Å². The fourth-order valence-corrected chi connectivity index (χ4v) is 2.46. The molecular formula is C17H25ClN2O4. The Labute approximate surface area is 147 Å². The van der Waals surface area contributed by atoms with Crippen LogP contribution in [-0.4, -0.2) is 60.7 Å². The maximum absolute atomic E-state index is 10.9. The number of benzene rings is 1. The van der Waals surface area contributed by atoms with Gasteiger partial charge in [-0.3, -0.25) is 4.79 Å². The first-order chi connectivity index (χ1) is 11.5. The normalized spacial score (nSPS) is 14.2. The second-order valence-corrected chi connectivity index (χ2v) is 5.75. The standard InChI is InChI=1S/C13H14ClNO2.C4H11NO2/c1-9(13(16)17)10-4-5-12(11(14)8-10)15-6-2-3-7-15;6-3-1-5-2-4-7/h2-5,8-9H,6-7H2,1H3,(H,16,17);5-7H,1-4H2. The van der Waals surface area contributed by atoms with Crippen molar-refractivity contribution in [2.45, 2.75) is 12.8 Å². The van der Waals surface area contributed by atoms with Crippen LogP contribution < -0.4 is 10.2 Å². The zero-order chi connectivity index (χ0) is 17.9. The van der Waals surface area contributed by atoms with Crippen LogP contribution in [0.2, 0.25) is 5.02 Å². The van der Waals surface area contributed by atoms with Crippen LogP contribution in [0.5, 0.6) is 0 Å². The fraction of sp³-hybridized carbons (Fsp3) is 0.471. The van der Waals surface area contributed by atoms with Crippen LogP contribution in [0.4, 0.5) is 5.69 Å². The van der Waals surface area contributed by atoms with Gasteiger partial charge in [0, 0.05) is 26.2 Å². The van der Waals surface area contributed by atoms with Gasteiger partial charge in [0.05, 0.1) is 29.8 Å². The molecule has 1 aromatic rings. The molecule has 0 aromatic heterocycles. The maximum atomic E-state index is 10.9. The average molecular weight is 357 g/mol. The van der Waals surface area contributed by atoms with Crippen molar-refractivity contribution in [3.05, 3.63) is 40.9 Å². The fourth-order valence-electron chi connectivity index (χ4n) is 2.15. The molecule has 4 N–H and O–H groups in total. The Morgan fingerprint density at radius 2 is 1.83 bits per heavy atom. The molecule has 0 amide bonds. The number of anilines is 1. The topological polar surface area (TPSA) is 93.0 Å². The number of carbonyl (C=O) groups is 1. The van der Waals surface area contributed by atoms with E-state index in [9.17, 15) is 4.79 Å². The van der Waals surface area contributed by atoms with Crippen molar-refractivity contribution < 1.29 is 20.1 Å². The summed E-state index contributed by atoms with van der Waals surface area (Å²) in [7, 11) is 0. The third-order valence-corrected chi connectivity index (χ3v) is 3.88. The smallest absolute Gasteiger partial charge is 0.310 e. The summed E-state index contributed by atoms with van der Waals surface area (Å²) in [5.41, 5.74) is 1.69. The van der Waals surface area contributed by atoms with Crippen molar-refractivity contribution in [1.82, 2.24) is 5.32 Å². The molecule has 1 aliphatic rings. The van der Waals surface area contributed by atoms with Crippen molar-refractivity contribution in [3.8, 4) is 0 Å². The van der Waals surface area contributed by atoms with E-state index >= 15 is 0 Å².